The molecule has 1 fully saturated rings. The van der Waals surface area contributed by atoms with Crippen LogP contribution in [0.5, 0.6) is 11.5 Å². The summed E-state index contributed by atoms with van der Waals surface area (Å²) in [6.45, 7) is 2.94. The predicted molar refractivity (Wildman–Crippen MR) is 93.4 cm³/mol. The Morgan fingerprint density at radius 3 is 2.84 bits per heavy atom. The van der Waals surface area contributed by atoms with Gasteiger partial charge in [-0.2, -0.15) is 0 Å². The minimum Gasteiger partial charge on any atom is -0.493 e. The zero-order valence-electron chi connectivity index (χ0n) is 14.4. The molecule has 25 heavy (non-hydrogen) atoms. The quantitative estimate of drug-likeness (QED) is 0.815. The molecule has 1 atom stereocenters. The minimum atomic E-state index is -0.782. The van der Waals surface area contributed by atoms with E-state index in [1.54, 1.807) is 31.4 Å². The fraction of sp³-hybridized carbons (Fsp3) is 0.389. The van der Waals surface area contributed by atoms with E-state index in [1.165, 1.54) is 6.07 Å². The van der Waals surface area contributed by atoms with Crippen molar-refractivity contribution in [1.82, 2.24) is 4.98 Å². The van der Waals surface area contributed by atoms with Gasteiger partial charge in [-0.25, -0.2) is 9.37 Å². The van der Waals surface area contributed by atoms with Gasteiger partial charge in [-0.15, -0.1) is 0 Å². The fourth-order valence-electron chi connectivity index (χ4n) is 2.85. The Hall–Kier alpha value is -2.12. The zero-order chi connectivity index (χ0) is 17.8. The zero-order valence-corrected chi connectivity index (χ0v) is 14.4. The summed E-state index contributed by atoms with van der Waals surface area (Å²) < 4.78 is 30.5. The topological polar surface area (TPSA) is 60.8 Å². The van der Waals surface area contributed by atoms with Crippen LogP contribution in [-0.2, 0) is 4.65 Å². The van der Waals surface area contributed by atoms with Crippen molar-refractivity contribution >= 4 is 7.12 Å². The van der Waals surface area contributed by atoms with Crippen molar-refractivity contribution in [3.05, 3.63) is 41.8 Å². The van der Waals surface area contributed by atoms with Gasteiger partial charge in [0.05, 0.1) is 13.7 Å². The van der Waals surface area contributed by atoms with Gasteiger partial charge in [0.1, 0.15) is 11.5 Å². The maximum absolute atomic E-state index is 14.4. The van der Waals surface area contributed by atoms with Crippen LogP contribution in [0.3, 0.4) is 0 Å². The lowest BCUT2D eigenvalue weighted by Gasteiger charge is -2.13. The fourth-order valence-corrected chi connectivity index (χ4v) is 2.85. The lowest BCUT2D eigenvalue weighted by Crippen LogP contribution is -2.08. The van der Waals surface area contributed by atoms with Crippen LogP contribution >= 0.6 is 0 Å². The largest absolute Gasteiger partial charge is 0.493 e. The molecule has 1 aromatic heterocycles. The first kappa shape index (κ1) is 17.7. The van der Waals surface area contributed by atoms with Crippen LogP contribution < -0.4 is 9.47 Å². The van der Waals surface area contributed by atoms with Gasteiger partial charge in [0, 0.05) is 23.8 Å². The summed E-state index contributed by atoms with van der Waals surface area (Å²) in [6.07, 6.45) is 1.32. The van der Waals surface area contributed by atoms with Crippen molar-refractivity contribution in [3.8, 4) is 22.8 Å². The monoisotopic (exact) mass is 345 g/mol. The summed E-state index contributed by atoms with van der Waals surface area (Å²) >= 11 is 0. The highest BCUT2D eigenvalue weighted by molar-refractivity contribution is 6.43. The molecule has 0 bridgehead atoms. The number of rotatable bonds is 6. The molecule has 0 saturated carbocycles. The number of pyridine rings is 1. The van der Waals surface area contributed by atoms with E-state index in [-0.39, 0.29) is 11.6 Å². The number of hydrogen-bond acceptors (Lipinski definition) is 5. The predicted octanol–water partition coefficient (Wildman–Crippen LogP) is 3.28. The van der Waals surface area contributed by atoms with Gasteiger partial charge in [-0.1, -0.05) is 6.92 Å². The van der Waals surface area contributed by atoms with Gasteiger partial charge in [0.25, 0.3) is 0 Å². The Morgan fingerprint density at radius 2 is 2.16 bits per heavy atom. The lowest BCUT2D eigenvalue weighted by molar-refractivity contribution is 0.291. The normalized spacial score (nSPS) is 17.0. The van der Waals surface area contributed by atoms with Crippen LogP contribution in [0.2, 0.25) is 6.32 Å². The molecule has 1 aliphatic heterocycles. The molecule has 0 spiro atoms. The highest BCUT2D eigenvalue weighted by Crippen LogP contribution is 2.34. The first-order chi connectivity index (χ1) is 12.1. The van der Waals surface area contributed by atoms with E-state index < -0.39 is 12.9 Å². The van der Waals surface area contributed by atoms with E-state index in [0.29, 0.717) is 42.3 Å². The smallest absolute Gasteiger partial charge is 0.454 e. The van der Waals surface area contributed by atoms with E-state index in [4.69, 9.17) is 14.1 Å². The highest BCUT2D eigenvalue weighted by atomic mass is 19.1. The molecule has 0 radical (unpaired) electrons. The summed E-state index contributed by atoms with van der Waals surface area (Å²) in [4.78, 5) is 4.47. The third kappa shape index (κ3) is 3.94. The molecular formula is C18H21BFNO4. The SMILES string of the molecule is CCCOc1cc(-c2nc([C@H]3COB(O)C3)ccc2F)ccc1OC. The molecule has 7 heteroatoms. The number of halogens is 1. The Morgan fingerprint density at radius 1 is 1.32 bits per heavy atom. The third-order valence-electron chi connectivity index (χ3n) is 4.16. The van der Waals surface area contributed by atoms with Gasteiger partial charge in [0.2, 0.25) is 0 Å². The molecule has 0 unspecified atom stereocenters. The first-order valence-corrected chi connectivity index (χ1v) is 8.39. The van der Waals surface area contributed by atoms with Crippen LogP contribution in [0.25, 0.3) is 11.3 Å². The lowest BCUT2D eigenvalue weighted by atomic mass is 9.81. The molecule has 1 saturated heterocycles. The van der Waals surface area contributed by atoms with Crippen LogP contribution in [0.4, 0.5) is 4.39 Å². The van der Waals surface area contributed by atoms with Gasteiger partial charge in [-0.05, 0) is 43.1 Å². The van der Waals surface area contributed by atoms with Gasteiger partial charge in [-0.3, -0.25) is 0 Å². The summed E-state index contributed by atoms with van der Waals surface area (Å²) in [6, 6.07) is 8.29. The Bertz CT molecular complexity index is 743. The molecule has 1 aromatic carbocycles. The number of hydrogen-bond donors (Lipinski definition) is 1. The number of aromatic nitrogens is 1. The van der Waals surface area contributed by atoms with Crippen molar-refractivity contribution in [3.63, 3.8) is 0 Å². The van der Waals surface area contributed by atoms with Crippen molar-refractivity contribution in [2.45, 2.75) is 25.6 Å². The van der Waals surface area contributed by atoms with Gasteiger partial charge in [0.15, 0.2) is 11.5 Å². The summed E-state index contributed by atoms with van der Waals surface area (Å²) in [7, 11) is 0.786. The molecule has 2 aromatic rings. The van der Waals surface area contributed by atoms with E-state index in [9.17, 15) is 9.41 Å². The summed E-state index contributed by atoms with van der Waals surface area (Å²) in [5, 5.41) is 9.52. The van der Waals surface area contributed by atoms with E-state index in [0.717, 1.165) is 6.42 Å². The summed E-state index contributed by atoms with van der Waals surface area (Å²) in [5.41, 5.74) is 1.58. The maximum Gasteiger partial charge on any atom is 0.454 e. The van der Waals surface area contributed by atoms with E-state index >= 15 is 0 Å². The Labute approximate surface area is 146 Å². The van der Waals surface area contributed by atoms with Crippen molar-refractivity contribution in [1.29, 1.82) is 0 Å². The third-order valence-corrected chi connectivity index (χ3v) is 4.16. The van der Waals surface area contributed by atoms with Crippen molar-refractivity contribution < 1.29 is 23.5 Å². The average Bonchev–Trinajstić information content (AvgIpc) is 3.06. The second-order valence-electron chi connectivity index (χ2n) is 6.00. The molecule has 132 valence electrons. The van der Waals surface area contributed by atoms with Crippen LogP contribution in [-0.4, -0.2) is 37.4 Å². The number of methoxy groups -OCH3 is 1. The molecule has 0 amide bonds. The second kappa shape index (κ2) is 7.84. The molecular weight excluding hydrogens is 324 g/mol. The highest BCUT2D eigenvalue weighted by Gasteiger charge is 2.31. The van der Waals surface area contributed by atoms with Crippen LogP contribution in [0.1, 0.15) is 25.0 Å². The second-order valence-corrected chi connectivity index (χ2v) is 6.00. The summed E-state index contributed by atoms with van der Waals surface area (Å²) in [5.74, 6) is 0.715. The maximum atomic E-state index is 14.4. The Balaban J connectivity index is 1.95. The standard InChI is InChI=1S/C18H21BFNO4/c1-3-8-24-17-9-12(4-7-16(17)23-2)18-14(20)5-6-15(21-18)13-10-19(22)25-11-13/h4-7,9,13,22H,3,8,10-11H2,1-2H3/t13-/m1/s1. The molecule has 0 aliphatic carbocycles. The minimum absolute atomic E-state index is 0.0385. The van der Waals surface area contributed by atoms with Crippen LogP contribution in [0, 0.1) is 5.82 Å². The average molecular weight is 345 g/mol. The molecule has 1 aliphatic rings. The number of ether oxygens (including phenoxy) is 2. The first-order valence-electron chi connectivity index (χ1n) is 8.39. The molecule has 5 nitrogen and oxygen atoms in total. The molecule has 1 N–H and O–H groups in total. The van der Waals surface area contributed by atoms with Gasteiger partial charge >= 0.3 is 7.12 Å². The number of nitrogens with zero attached hydrogens (tertiary/aromatic N) is 1. The molecule has 2 heterocycles. The van der Waals surface area contributed by atoms with Crippen LogP contribution in [0.15, 0.2) is 30.3 Å². The van der Waals surface area contributed by atoms with E-state index in [1.807, 2.05) is 6.92 Å². The van der Waals surface area contributed by atoms with Gasteiger partial charge < -0.3 is 19.2 Å². The van der Waals surface area contributed by atoms with Crippen molar-refractivity contribution in [2.75, 3.05) is 20.3 Å². The van der Waals surface area contributed by atoms with E-state index in [2.05, 4.69) is 4.98 Å². The number of benzene rings is 1. The Kier molecular flexibility index (Phi) is 5.55. The van der Waals surface area contributed by atoms with Crippen molar-refractivity contribution in [2.24, 2.45) is 0 Å². The molecule has 3 rings (SSSR count).